The molecule has 0 radical (unpaired) electrons. The molecule has 5 nitrogen and oxygen atoms in total. The van der Waals surface area contributed by atoms with Gasteiger partial charge >= 0.3 is 0 Å². The molecule has 0 saturated heterocycles. The number of allylic oxidation sites excluding steroid dienone is 4. The lowest BCUT2D eigenvalue weighted by molar-refractivity contribution is 0.296. The second kappa shape index (κ2) is 8.54. The quantitative estimate of drug-likeness (QED) is 0.244. The zero-order valence-corrected chi connectivity index (χ0v) is 20.2. The predicted molar refractivity (Wildman–Crippen MR) is 136 cm³/mol. The molecule has 1 aliphatic rings. The molecule has 1 aliphatic carbocycles. The normalized spacial score (nSPS) is 15.4. The van der Waals surface area contributed by atoms with Crippen LogP contribution in [0, 0.1) is 6.92 Å². The van der Waals surface area contributed by atoms with Crippen LogP contribution < -0.4 is 0 Å². The van der Waals surface area contributed by atoms with E-state index in [0.29, 0.717) is 5.92 Å². The maximum absolute atomic E-state index is 5.75. The number of methoxy groups -OCH3 is 1. The third-order valence-electron chi connectivity index (χ3n) is 6.60. The number of hydrogen-bond acceptors (Lipinski definition) is 3. The summed E-state index contributed by atoms with van der Waals surface area (Å²) in [7, 11) is 1.75. The molecular formula is C28H32N4O. The number of unbranched alkanes of at least 4 members (excludes halogenated alkanes) is 1. The van der Waals surface area contributed by atoms with Crippen molar-refractivity contribution in [2.24, 2.45) is 0 Å². The zero-order chi connectivity index (χ0) is 23.1. The highest BCUT2D eigenvalue weighted by Crippen LogP contribution is 2.41. The lowest BCUT2D eigenvalue weighted by atomic mass is 9.95. The molecule has 5 rings (SSSR count). The summed E-state index contributed by atoms with van der Waals surface area (Å²) < 4.78 is 7.99. The Labute approximate surface area is 195 Å². The van der Waals surface area contributed by atoms with Crippen LogP contribution in [0.1, 0.15) is 69.6 Å². The first-order valence-corrected chi connectivity index (χ1v) is 11.9. The predicted octanol–water partition coefficient (Wildman–Crippen LogP) is 7.21. The minimum Gasteiger partial charge on any atom is -0.501 e. The Morgan fingerprint density at radius 2 is 1.97 bits per heavy atom. The summed E-state index contributed by atoms with van der Waals surface area (Å²) >= 11 is 0. The van der Waals surface area contributed by atoms with Crippen LogP contribution in [0.2, 0.25) is 0 Å². The first kappa shape index (κ1) is 21.5. The van der Waals surface area contributed by atoms with E-state index in [0.717, 1.165) is 69.1 Å². The molecule has 0 bridgehead atoms. The van der Waals surface area contributed by atoms with E-state index < -0.39 is 0 Å². The number of benzene rings is 2. The molecule has 33 heavy (non-hydrogen) atoms. The van der Waals surface area contributed by atoms with Crippen LogP contribution in [0.5, 0.6) is 0 Å². The van der Waals surface area contributed by atoms with E-state index in [2.05, 4.69) is 66.7 Å². The van der Waals surface area contributed by atoms with Crippen molar-refractivity contribution in [1.82, 2.24) is 19.5 Å². The molecule has 1 N–H and O–H groups in total. The van der Waals surface area contributed by atoms with E-state index in [9.17, 15) is 0 Å². The lowest BCUT2D eigenvalue weighted by Crippen LogP contribution is -2.01. The van der Waals surface area contributed by atoms with Crippen LogP contribution >= 0.6 is 0 Å². The van der Waals surface area contributed by atoms with Gasteiger partial charge in [-0.25, -0.2) is 9.97 Å². The topological polar surface area (TPSA) is 55.7 Å². The van der Waals surface area contributed by atoms with Gasteiger partial charge in [0.05, 0.1) is 29.3 Å². The number of hydrogen-bond donors (Lipinski definition) is 1. The zero-order valence-electron chi connectivity index (χ0n) is 20.2. The van der Waals surface area contributed by atoms with Gasteiger partial charge in [-0.2, -0.15) is 0 Å². The fourth-order valence-electron chi connectivity index (χ4n) is 4.71. The highest BCUT2D eigenvalue weighted by Gasteiger charge is 2.28. The van der Waals surface area contributed by atoms with Crippen molar-refractivity contribution in [1.29, 1.82) is 0 Å². The van der Waals surface area contributed by atoms with Gasteiger partial charge in [0.15, 0.2) is 0 Å². The number of ether oxygens (including phenoxy) is 1. The minimum atomic E-state index is 0.552. The van der Waals surface area contributed by atoms with Crippen LogP contribution in [0.25, 0.3) is 33.3 Å². The standard InChI is InChI=1S/C28H32N4O/c1-6-7-10-17(2)26(18(3)33-5)21-15-23-27(31-28(30-23)20-13-14-20)25(16-21)32-19(4)29-22-11-8-9-12-24(22)32/h8-12,15-16,20H,6-7,13-14H2,1-5H3,(H,30,31). The molecule has 1 fully saturated rings. The van der Waals surface area contributed by atoms with Crippen molar-refractivity contribution in [2.45, 2.75) is 59.3 Å². The summed E-state index contributed by atoms with van der Waals surface area (Å²) in [6.45, 7) is 8.49. The van der Waals surface area contributed by atoms with E-state index in [1.54, 1.807) is 7.11 Å². The number of rotatable bonds is 7. The van der Waals surface area contributed by atoms with Gasteiger partial charge in [-0.1, -0.05) is 31.6 Å². The molecule has 2 heterocycles. The fourth-order valence-corrected chi connectivity index (χ4v) is 4.71. The molecule has 4 aromatic rings. The van der Waals surface area contributed by atoms with E-state index >= 15 is 0 Å². The van der Waals surface area contributed by atoms with Crippen LogP contribution in [0.15, 0.2) is 53.8 Å². The van der Waals surface area contributed by atoms with E-state index in [1.807, 2.05) is 13.0 Å². The molecule has 1 saturated carbocycles. The fraction of sp³-hybridized carbons (Fsp3) is 0.357. The number of imidazole rings is 2. The smallest absolute Gasteiger partial charge is 0.113 e. The summed E-state index contributed by atoms with van der Waals surface area (Å²) in [5.74, 6) is 3.52. The van der Waals surface area contributed by atoms with Gasteiger partial charge in [-0.05, 0) is 75.4 Å². The highest BCUT2D eigenvalue weighted by molar-refractivity contribution is 5.93. The monoisotopic (exact) mass is 440 g/mol. The number of H-pyrrole nitrogens is 1. The van der Waals surface area contributed by atoms with Crippen molar-refractivity contribution in [3.63, 3.8) is 0 Å². The Hall–Kier alpha value is -3.34. The van der Waals surface area contributed by atoms with Gasteiger partial charge in [-0.3, -0.25) is 4.57 Å². The maximum atomic E-state index is 5.75. The molecule has 0 atom stereocenters. The van der Waals surface area contributed by atoms with E-state index in [1.165, 1.54) is 18.4 Å². The summed E-state index contributed by atoms with van der Waals surface area (Å²) in [4.78, 5) is 13.5. The molecule has 5 heteroatoms. The second-order valence-corrected chi connectivity index (χ2v) is 9.08. The third-order valence-corrected chi connectivity index (χ3v) is 6.60. The van der Waals surface area contributed by atoms with Gasteiger partial charge < -0.3 is 9.72 Å². The third kappa shape index (κ3) is 3.86. The Bertz CT molecular complexity index is 1400. The average Bonchev–Trinajstić information content (AvgIpc) is 3.49. The van der Waals surface area contributed by atoms with Crippen molar-refractivity contribution in [3.8, 4) is 5.69 Å². The van der Waals surface area contributed by atoms with Crippen LogP contribution in [-0.2, 0) is 4.74 Å². The molecule has 0 spiro atoms. The Kier molecular flexibility index (Phi) is 5.57. The molecule has 0 amide bonds. The van der Waals surface area contributed by atoms with E-state index in [-0.39, 0.29) is 0 Å². The minimum absolute atomic E-state index is 0.552. The van der Waals surface area contributed by atoms with Crippen molar-refractivity contribution in [2.75, 3.05) is 7.11 Å². The Morgan fingerprint density at radius 1 is 1.18 bits per heavy atom. The van der Waals surface area contributed by atoms with Gasteiger partial charge in [0, 0.05) is 11.5 Å². The van der Waals surface area contributed by atoms with Crippen LogP contribution in [0.3, 0.4) is 0 Å². The summed E-state index contributed by atoms with van der Waals surface area (Å²) in [6.07, 6.45) is 6.89. The van der Waals surface area contributed by atoms with Crippen molar-refractivity contribution in [3.05, 3.63) is 71.0 Å². The van der Waals surface area contributed by atoms with Crippen LogP contribution in [0.4, 0.5) is 0 Å². The maximum Gasteiger partial charge on any atom is 0.113 e. The Morgan fingerprint density at radius 3 is 2.70 bits per heavy atom. The molecular weight excluding hydrogens is 408 g/mol. The number of aromatic nitrogens is 4. The first-order chi connectivity index (χ1) is 16.0. The highest BCUT2D eigenvalue weighted by atomic mass is 16.5. The number of aromatic amines is 1. The van der Waals surface area contributed by atoms with Gasteiger partial charge in [0.25, 0.3) is 0 Å². The largest absolute Gasteiger partial charge is 0.501 e. The van der Waals surface area contributed by atoms with Gasteiger partial charge in [-0.15, -0.1) is 0 Å². The first-order valence-electron chi connectivity index (χ1n) is 11.9. The SMILES string of the molecule is CCCC=C(C)C(=C(C)OC)c1cc(-n2c(C)nc3ccccc32)c2nc(C3CC3)[nH]c2c1. The number of aryl methyl sites for hydroxylation is 1. The summed E-state index contributed by atoms with van der Waals surface area (Å²) in [6, 6.07) is 12.8. The van der Waals surface area contributed by atoms with Gasteiger partial charge in [0.1, 0.15) is 22.9 Å². The molecule has 2 aromatic heterocycles. The van der Waals surface area contributed by atoms with Crippen molar-refractivity contribution >= 4 is 27.6 Å². The molecule has 0 aliphatic heterocycles. The van der Waals surface area contributed by atoms with E-state index in [4.69, 9.17) is 14.7 Å². The molecule has 2 aromatic carbocycles. The number of nitrogens with one attached hydrogen (secondary N) is 1. The number of fused-ring (bicyclic) bond motifs is 2. The lowest BCUT2D eigenvalue weighted by Gasteiger charge is -2.16. The number of nitrogens with zero attached hydrogens (tertiary/aromatic N) is 3. The van der Waals surface area contributed by atoms with Crippen LogP contribution in [-0.4, -0.2) is 26.6 Å². The Balaban J connectivity index is 1.81. The van der Waals surface area contributed by atoms with Gasteiger partial charge in [0.2, 0.25) is 0 Å². The number of para-hydroxylation sites is 2. The summed E-state index contributed by atoms with van der Waals surface area (Å²) in [5, 5.41) is 0. The van der Waals surface area contributed by atoms with Crippen molar-refractivity contribution < 1.29 is 4.74 Å². The molecule has 170 valence electrons. The second-order valence-electron chi connectivity index (χ2n) is 9.08. The molecule has 0 unspecified atom stereocenters. The average molecular weight is 441 g/mol. The summed E-state index contributed by atoms with van der Waals surface area (Å²) in [5.41, 5.74) is 8.70.